The largest absolute Gasteiger partial charge is 0.395 e. The Morgan fingerprint density at radius 1 is 1.05 bits per heavy atom. The molecule has 1 atom stereocenters. The van der Waals surface area contributed by atoms with Crippen LogP contribution in [0.1, 0.15) is 80.1 Å². The summed E-state index contributed by atoms with van der Waals surface area (Å²) in [6.07, 6.45) is 5.49. The molecule has 0 heterocycles. The Morgan fingerprint density at radius 3 is 1.81 bits per heavy atom. The molecule has 0 fully saturated rings. The van der Waals surface area contributed by atoms with E-state index in [-0.39, 0.29) is 17.3 Å². The zero-order valence-corrected chi connectivity index (χ0v) is 15.4. The van der Waals surface area contributed by atoms with Crippen molar-refractivity contribution in [3.05, 3.63) is 0 Å². The Balaban J connectivity index is 5.83. The van der Waals surface area contributed by atoms with Crippen LogP contribution in [0.15, 0.2) is 0 Å². The second-order valence-corrected chi connectivity index (χ2v) is 7.06. The molecule has 0 aromatic rings. The zero-order valence-electron chi connectivity index (χ0n) is 14.5. The third-order valence-corrected chi connectivity index (χ3v) is 6.20. The summed E-state index contributed by atoms with van der Waals surface area (Å²) in [6.45, 7) is 12.8. The molecule has 0 aromatic carbocycles. The summed E-state index contributed by atoms with van der Waals surface area (Å²) in [7, 11) is 0. The lowest BCUT2D eigenvalue weighted by molar-refractivity contribution is -0.146. The van der Waals surface area contributed by atoms with E-state index in [1.54, 1.807) is 0 Å². The van der Waals surface area contributed by atoms with Gasteiger partial charge < -0.3 is 8.98 Å². The van der Waals surface area contributed by atoms with E-state index >= 15 is 0 Å². The van der Waals surface area contributed by atoms with E-state index in [0.717, 1.165) is 32.0 Å². The summed E-state index contributed by atoms with van der Waals surface area (Å²) < 4.78 is 4.57. The fraction of sp³-hybridized carbons (Fsp3) is 0.882. The standard InChI is InChI=1S/C17H32O3S/c1-7-15(5,8-2)12-17(13-18,11-14(19)20-21)16(6,9-3)10-4/h13,21H,7-12H2,1-6H3. The number of aldehydes is 1. The van der Waals surface area contributed by atoms with E-state index in [1.165, 1.54) is 0 Å². The lowest BCUT2D eigenvalue weighted by Gasteiger charge is -2.48. The van der Waals surface area contributed by atoms with Gasteiger partial charge in [0.05, 0.1) is 6.42 Å². The lowest BCUT2D eigenvalue weighted by atomic mass is 9.54. The van der Waals surface area contributed by atoms with Crippen LogP contribution in [0.2, 0.25) is 0 Å². The van der Waals surface area contributed by atoms with Gasteiger partial charge in [-0.1, -0.05) is 54.4 Å². The van der Waals surface area contributed by atoms with Crippen molar-refractivity contribution in [2.75, 3.05) is 0 Å². The van der Waals surface area contributed by atoms with Crippen LogP contribution in [0, 0.1) is 16.2 Å². The molecule has 0 aromatic heterocycles. The molecule has 0 saturated carbocycles. The first-order valence-corrected chi connectivity index (χ1v) is 8.39. The molecule has 0 spiro atoms. The highest BCUT2D eigenvalue weighted by atomic mass is 32.1. The first-order chi connectivity index (χ1) is 9.71. The monoisotopic (exact) mass is 316 g/mol. The van der Waals surface area contributed by atoms with Gasteiger partial charge in [-0.25, -0.2) is 0 Å². The Morgan fingerprint density at radius 2 is 1.52 bits per heavy atom. The van der Waals surface area contributed by atoms with Gasteiger partial charge in [0.25, 0.3) is 0 Å². The Bertz CT molecular complexity index is 346. The van der Waals surface area contributed by atoms with Crippen LogP contribution in [-0.2, 0) is 13.8 Å². The minimum absolute atomic E-state index is 0.0450. The summed E-state index contributed by atoms with van der Waals surface area (Å²) in [5.74, 6) is -0.423. The molecule has 3 nitrogen and oxygen atoms in total. The van der Waals surface area contributed by atoms with Crippen LogP contribution in [0.4, 0.5) is 0 Å². The number of carbonyl (C=O) groups excluding carboxylic acids is 2. The van der Waals surface area contributed by atoms with Crippen molar-refractivity contribution in [1.29, 1.82) is 0 Å². The summed E-state index contributed by atoms with van der Waals surface area (Å²) >= 11 is 3.61. The molecule has 0 bridgehead atoms. The van der Waals surface area contributed by atoms with Gasteiger partial charge in [0.2, 0.25) is 0 Å². The topological polar surface area (TPSA) is 43.4 Å². The Kier molecular flexibility index (Phi) is 8.01. The number of carbonyl (C=O) groups is 2. The number of hydrogen-bond donors (Lipinski definition) is 1. The molecule has 0 radical (unpaired) electrons. The summed E-state index contributed by atoms with van der Waals surface area (Å²) in [5, 5.41) is 0. The van der Waals surface area contributed by atoms with Crippen LogP contribution in [-0.4, -0.2) is 12.3 Å². The van der Waals surface area contributed by atoms with E-state index in [4.69, 9.17) is 0 Å². The predicted molar refractivity (Wildman–Crippen MR) is 90.2 cm³/mol. The van der Waals surface area contributed by atoms with Crippen molar-refractivity contribution in [2.24, 2.45) is 16.2 Å². The average molecular weight is 317 g/mol. The quantitative estimate of drug-likeness (QED) is 0.351. The van der Waals surface area contributed by atoms with Crippen molar-refractivity contribution in [2.45, 2.75) is 80.1 Å². The van der Waals surface area contributed by atoms with Gasteiger partial charge in [0.1, 0.15) is 6.29 Å². The Hall–Kier alpha value is -0.510. The van der Waals surface area contributed by atoms with E-state index in [1.807, 2.05) is 0 Å². The third kappa shape index (κ3) is 4.48. The van der Waals surface area contributed by atoms with Crippen LogP contribution in [0.5, 0.6) is 0 Å². The maximum absolute atomic E-state index is 12.1. The van der Waals surface area contributed by atoms with Crippen molar-refractivity contribution >= 4 is 25.2 Å². The zero-order chi connectivity index (χ0) is 16.7. The normalized spacial score (nSPS) is 15.4. The fourth-order valence-corrected chi connectivity index (χ4v) is 3.28. The third-order valence-electron chi connectivity index (χ3n) is 6.00. The molecule has 124 valence electrons. The molecule has 0 aliphatic heterocycles. The number of thiol groups is 1. The number of rotatable bonds is 10. The van der Waals surface area contributed by atoms with Crippen molar-refractivity contribution in [3.63, 3.8) is 0 Å². The van der Waals surface area contributed by atoms with Gasteiger partial charge >= 0.3 is 5.97 Å². The second kappa shape index (κ2) is 8.21. The van der Waals surface area contributed by atoms with Crippen molar-refractivity contribution in [3.8, 4) is 0 Å². The van der Waals surface area contributed by atoms with Gasteiger partial charge in [-0.15, -0.1) is 0 Å². The van der Waals surface area contributed by atoms with Gasteiger partial charge in [0, 0.05) is 18.3 Å². The minimum Gasteiger partial charge on any atom is -0.395 e. The van der Waals surface area contributed by atoms with Crippen LogP contribution < -0.4 is 0 Å². The van der Waals surface area contributed by atoms with Gasteiger partial charge in [0.15, 0.2) is 0 Å². The van der Waals surface area contributed by atoms with Crippen molar-refractivity contribution < 1.29 is 13.8 Å². The van der Waals surface area contributed by atoms with Gasteiger partial charge in [-0.2, -0.15) is 0 Å². The van der Waals surface area contributed by atoms with Crippen LogP contribution in [0.3, 0.4) is 0 Å². The van der Waals surface area contributed by atoms with Crippen LogP contribution in [0.25, 0.3) is 0 Å². The smallest absolute Gasteiger partial charge is 0.318 e. The first kappa shape index (κ1) is 20.5. The maximum Gasteiger partial charge on any atom is 0.318 e. The molecular weight excluding hydrogens is 284 g/mol. The molecule has 0 rings (SSSR count). The van der Waals surface area contributed by atoms with Crippen molar-refractivity contribution in [1.82, 2.24) is 0 Å². The minimum atomic E-state index is -0.697. The lowest BCUT2D eigenvalue weighted by Crippen LogP contribution is -2.46. The fourth-order valence-electron chi connectivity index (χ4n) is 3.22. The predicted octanol–water partition coefficient (Wildman–Crippen LogP) is 4.99. The Labute approximate surface area is 135 Å². The SMILES string of the molecule is CCC(C)(CC)CC(C=O)(CC(=O)OS)C(C)(CC)CC. The molecule has 21 heavy (non-hydrogen) atoms. The summed E-state index contributed by atoms with van der Waals surface area (Å²) in [6, 6.07) is 0. The molecule has 0 aliphatic carbocycles. The van der Waals surface area contributed by atoms with Gasteiger partial charge in [-0.05, 0) is 30.1 Å². The van der Waals surface area contributed by atoms with E-state index in [9.17, 15) is 9.59 Å². The average Bonchev–Trinajstić information content (AvgIpc) is 2.52. The highest BCUT2D eigenvalue weighted by molar-refractivity contribution is 7.75. The second-order valence-electron chi connectivity index (χ2n) is 6.88. The molecule has 1 unspecified atom stereocenters. The van der Waals surface area contributed by atoms with Gasteiger partial charge in [-0.3, -0.25) is 4.79 Å². The molecule has 4 heteroatoms. The molecule has 0 amide bonds. The maximum atomic E-state index is 12.1. The van der Waals surface area contributed by atoms with Crippen LogP contribution >= 0.6 is 12.9 Å². The molecular formula is C17H32O3S. The summed E-state index contributed by atoms with van der Waals surface area (Å²) in [4.78, 5) is 24.0. The molecule has 0 N–H and O–H groups in total. The van der Waals surface area contributed by atoms with E-state index in [0.29, 0.717) is 6.42 Å². The first-order valence-electron chi connectivity index (χ1n) is 8.02. The highest BCUT2D eigenvalue weighted by Crippen LogP contribution is 2.53. The van der Waals surface area contributed by atoms with E-state index in [2.05, 4.69) is 58.6 Å². The molecule has 0 saturated heterocycles. The summed E-state index contributed by atoms with van der Waals surface area (Å²) in [5.41, 5.74) is -0.872. The molecule has 0 aliphatic rings. The van der Waals surface area contributed by atoms with E-state index < -0.39 is 11.4 Å². The number of hydrogen-bond acceptors (Lipinski definition) is 4. The highest BCUT2D eigenvalue weighted by Gasteiger charge is 2.50.